The van der Waals surface area contributed by atoms with Gasteiger partial charge in [-0.15, -0.1) is 6.58 Å². The Labute approximate surface area is 109 Å². The number of benzene rings is 1. The maximum absolute atomic E-state index is 11.5. The smallest absolute Gasteiger partial charge is 0.223 e. The third kappa shape index (κ3) is 4.62. The van der Waals surface area contributed by atoms with E-state index in [4.69, 9.17) is 4.74 Å². The van der Waals surface area contributed by atoms with Crippen molar-refractivity contribution in [3.05, 3.63) is 42.0 Å². The van der Waals surface area contributed by atoms with Crippen molar-refractivity contribution in [3.8, 4) is 5.75 Å². The highest BCUT2D eigenvalue weighted by Crippen LogP contribution is 2.22. The highest BCUT2D eigenvalue weighted by atomic mass is 16.5. The van der Waals surface area contributed by atoms with Gasteiger partial charge in [-0.1, -0.05) is 24.3 Å². The summed E-state index contributed by atoms with van der Waals surface area (Å²) in [5, 5.41) is 2.81. The molecule has 3 nitrogen and oxygen atoms in total. The largest absolute Gasteiger partial charge is 0.493 e. The Kier molecular flexibility index (Phi) is 5.98. The summed E-state index contributed by atoms with van der Waals surface area (Å²) >= 11 is 0. The zero-order chi connectivity index (χ0) is 13.4. The number of aryl methyl sites for hydroxylation is 2. The first-order chi connectivity index (χ1) is 8.65. The van der Waals surface area contributed by atoms with Gasteiger partial charge in [-0.3, -0.25) is 4.79 Å². The molecule has 1 rings (SSSR count). The monoisotopic (exact) mass is 247 g/mol. The topological polar surface area (TPSA) is 38.3 Å². The van der Waals surface area contributed by atoms with E-state index in [1.165, 1.54) is 0 Å². The number of carbonyl (C=O) groups is 1. The first-order valence-electron chi connectivity index (χ1n) is 6.21. The van der Waals surface area contributed by atoms with Crippen LogP contribution in [-0.2, 0) is 4.79 Å². The minimum atomic E-state index is 0.0167. The van der Waals surface area contributed by atoms with Crippen LogP contribution in [0.2, 0.25) is 0 Å². The molecule has 0 atom stereocenters. The highest BCUT2D eigenvalue weighted by Gasteiger charge is 2.05. The molecule has 1 N–H and O–H groups in total. The molecule has 0 saturated carbocycles. The predicted molar refractivity (Wildman–Crippen MR) is 73.9 cm³/mol. The van der Waals surface area contributed by atoms with Gasteiger partial charge in [0.05, 0.1) is 13.0 Å². The van der Waals surface area contributed by atoms with E-state index in [9.17, 15) is 4.79 Å². The molecule has 1 amide bonds. The van der Waals surface area contributed by atoms with Gasteiger partial charge in [-0.05, 0) is 31.4 Å². The number of para-hydroxylation sites is 1. The summed E-state index contributed by atoms with van der Waals surface area (Å²) in [6, 6.07) is 6.01. The van der Waals surface area contributed by atoms with E-state index < -0.39 is 0 Å². The van der Waals surface area contributed by atoms with E-state index in [1.54, 1.807) is 6.08 Å². The van der Waals surface area contributed by atoms with Crippen LogP contribution in [0.3, 0.4) is 0 Å². The third-order valence-corrected chi connectivity index (χ3v) is 2.65. The van der Waals surface area contributed by atoms with Gasteiger partial charge >= 0.3 is 0 Å². The number of carbonyl (C=O) groups excluding carboxylic acids is 1. The van der Waals surface area contributed by atoms with E-state index in [2.05, 4.69) is 11.9 Å². The molecule has 0 aromatic heterocycles. The summed E-state index contributed by atoms with van der Waals surface area (Å²) in [7, 11) is 0. The second kappa shape index (κ2) is 7.54. The Hall–Kier alpha value is -1.77. The fourth-order valence-corrected chi connectivity index (χ4v) is 1.67. The maximum atomic E-state index is 11.5. The first kappa shape index (κ1) is 14.3. The molecule has 0 aliphatic carbocycles. The molecule has 0 saturated heterocycles. The zero-order valence-corrected chi connectivity index (χ0v) is 11.2. The van der Waals surface area contributed by atoms with Gasteiger partial charge in [0.1, 0.15) is 5.75 Å². The molecule has 0 unspecified atom stereocenters. The van der Waals surface area contributed by atoms with E-state index in [0.717, 1.165) is 23.3 Å². The lowest BCUT2D eigenvalue weighted by atomic mass is 10.1. The van der Waals surface area contributed by atoms with Crippen molar-refractivity contribution in [2.24, 2.45) is 0 Å². The lowest BCUT2D eigenvalue weighted by Crippen LogP contribution is -2.25. The molecule has 0 aliphatic heterocycles. The van der Waals surface area contributed by atoms with Crippen LogP contribution in [0.1, 0.15) is 24.0 Å². The molecule has 1 aromatic carbocycles. The van der Waals surface area contributed by atoms with Crippen LogP contribution in [0.15, 0.2) is 30.9 Å². The highest BCUT2D eigenvalue weighted by molar-refractivity contribution is 5.75. The molecule has 0 spiro atoms. The summed E-state index contributed by atoms with van der Waals surface area (Å²) in [6.07, 6.45) is 2.96. The average molecular weight is 247 g/mol. The van der Waals surface area contributed by atoms with Crippen molar-refractivity contribution < 1.29 is 9.53 Å². The fraction of sp³-hybridized carbons (Fsp3) is 0.400. The minimum absolute atomic E-state index is 0.0167. The first-order valence-corrected chi connectivity index (χ1v) is 6.21. The molecule has 0 fully saturated rings. The van der Waals surface area contributed by atoms with Gasteiger partial charge in [-0.25, -0.2) is 0 Å². The second-order valence-corrected chi connectivity index (χ2v) is 4.25. The number of hydrogen-bond donors (Lipinski definition) is 1. The number of amides is 1. The van der Waals surface area contributed by atoms with Crippen molar-refractivity contribution >= 4 is 5.91 Å². The van der Waals surface area contributed by atoms with E-state index >= 15 is 0 Å². The van der Waals surface area contributed by atoms with Crippen LogP contribution in [0.4, 0.5) is 0 Å². The Morgan fingerprint density at radius 2 is 2.06 bits per heavy atom. The molecule has 18 heavy (non-hydrogen) atoms. The van der Waals surface area contributed by atoms with Gasteiger partial charge in [0.2, 0.25) is 5.91 Å². The summed E-state index contributed by atoms with van der Waals surface area (Å²) in [6.45, 7) is 8.67. The maximum Gasteiger partial charge on any atom is 0.223 e. The fourth-order valence-electron chi connectivity index (χ4n) is 1.67. The molecule has 0 bridgehead atoms. The Balaban J connectivity index is 2.33. The van der Waals surface area contributed by atoms with Crippen LogP contribution in [0.25, 0.3) is 0 Å². The van der Waals surface area contributed by atoms with Crippen molar-refractivity contribution in [2.75, 3.05) is 13.2 Å². The summed E-state index contributed by atoms with van der Waals surface area (Å²) < 4.78 is 5.66. The van der Waals surface area contributed by atoms with Gasteiger partial charge < -0.3 is 10.1 Å². The van der Waals surface area contributed by atoms with Crippen LogP contribution >= 0.6 is 0 Å². The molecule has 1 aromatic rings. The molecule has 0 aliphatic rings. The van der Waals surface area contributed by atoms with Gasteiger partial charge in [-0.2, -0.15) is 0 Å². The minimum Gasteiger partial charge on any atom is -0.493 e. The van der Waals surface area contributed by atoms with Gasteiger partial charge in [0, 0.05) is 6.54 Å². The average Bonchev–Trinajstić information content (AvgIpc) is 2.33. The van der Waals surface area contributed by atoms with Crippen LogP contribution in [-0.4, -0.2) is 19.1 Å². The molecular formula is C15H21NO2. The standard InChI is InChI=1S/C15H21NO2/c1-4-5-10-16-14(17)9-11-18-15-12(2)7-6-8-13(15)3/h4,6-8H,1,5,9-11H2,2-3H3,(H,16,17). The third-order valence-electron chi connectivity index (χ3n) is 2.65. The van der Waals surface area contributed by atoms with Crippen molar-refractivity contribution in [2.45, 2.75) is 26.7 Å². The number of nitrogens with one attached hydrogen (secondary N) is 1. The van der Waals surface area contributed by atoms with E-state index in [-0.39, 0.29) is 5.91 Å². The Morgan fingerprint density at radius 3 is 2.67 bits per heavy atom. The number of rotatable bonds is 7. The summed E-state index contributed by atoms with van der Waals surface area (Å²) in [4.78, 5) is 11.5. The van der Waals surface area contributed by atoms with E-state index in [1.807, 2.05) is 32.0 Å². The van der Waals surface area contributed by atoms with E-state index in [0.29, 0.717) is 19.6 Å². The lowest BCUT2D eigenvalue weighted by molar-refractivity contribution is -0.121. The number of ether oxygens (including phenoxy) is 1. The number of hydrogen-bond acceptors (Lipinski definition) is 2. The SMILES string of the molecule is C=CCCNC(=O)CCOc1c(C)cccc1C. The molecule has 0 heterocycles. The Morgan fingerprint density at radius 1 is 1.39 bits per heavy atom. The summed E-state index contributed by atoms with van der Waals surface area (Å²) in [5.74, 6) is 0.902. The molecule has 98 valence electrons. The van der Waals surface area contributed by atoms with Gasteiger partial charge in [0.25, 0.3) is 0 Å². The Bertz CT molecular complexity index is 393. The normalized spacial score (nSPS) is 9.89. The molecule has 3 heteroatoms. The summed E-state index contributed by atoms with van der Waals surface area (Å²) in [5.41, 5.74) is 2.20. The zero-order valence-electron chi connectivity index (χ0n) is 11.2. The van der Waals surface area contributed by atoms with Crippen molar-refractivity contribution in [1.82, 2.24) is 5.32 Å². The predicted octanol–water partition coefficient (Wildman–Crippen LogP) is 2.76. The van der Waals surface area contributed by atoms with Crippen molar-refractivity contribution in [1.29, 1.82) is 0 Å². The van der Waals surface area contributed by atoms with Crippen molar-refractivity contribution in [3.63, 3.8) is 0 Å². The van der Waals surface area contributed by atoms with Crippen LogP contribution < -0.4 is 10.1 Å². The lowest BCUT2D eigenvalue weighted by Gasteiger charge is -2.11. The van der Waals surface area contributed by atoms with Crippen LogP contribution in [0, 0.1) is 13.8 Å². The molecule has 0 radical (unpaired) electrons. The van der Waals surface area contributed by atoms with Crippen LogP contribution in [0.5, 0.6) is 5.75 Å². The molecular weight excluding hydrogens is 226 g/mol. The van der Waals surface area contributed by atoms with Gasteiger partial charge in [0.15, 0.2) is 0 Å². The second-order valence-electron chi connectivity index (χ2n) is 4.25. The quantitative estimate of drug-likeness (QED) is 0.594.